The van der Waals surface area contributed by atoms with Crippen molar-refractivity contribution in [1.82, 2.24) is 0 Å². The molecule has 0 bridgehead atoms. The van der Waals surface area contributed by atoms with Gasteiger partial charge in [0.15, 0.2) is 3.77 Å². The van der Waals surface area contributed by atoms with Crippen molar-refractivity contribution < 1.29 is 13.9 Å². The monoisotopic (exact) mass is 497 g/mol. The van der Waals surface area contributed by atoms with Crippen LogP contribution < -0.4 is 9.47 Å². The summed E-state index contributed by atoms with van der Waals surface area (Å²) in [5.41, 5.74) is 0.819. The van der Waals surface area contributed by atoms with Crippen LogP contribution in [0.25, 0.3) is 0 Å². The standard InChI is InChI=1S/C18H13BrINO3/c1-22-13-6-8-15(9-7-13)23-14-4-2-12(3-5-14)21-11-16-10-17(19)18(20)24-16/h2-11H,1H3. The van der Waals surface area contributed by atoms with E-state index in [1.165, 1.54) is 0 Å². The number of furan rings is 1. The minimum atomic E-state index is 0.699. The maximum atomic E-state index is 5.78. The Morgan fingerprint density at radius 1 is 1.00 bits per heavy atom. The third-order valence-electron chi connectivity index (χ3n) is 3.14. The molecule has 0 N–H and O–H groups in total. The van der Waals surface area contributed by atoms with Crippen LogP contribution >= 0.6 is 38.5 Å². The number of hydrogen-bond donors (Lipinski definition) is 0. The van der Waals surface area contributed by atoms with E-state index in [4.69, 9.17) is 13.9 Å². The first-order valence-corrected chi connectivity index (χ1v) is 8.92. The third kappa shape index (κ3) is 4.39. The van der Waals surface area contributed by atoms with Crippen molar-refractivity contribution in [2.75, 3.05) is 7.11 Å². The molecule has 0 atom stereocenters. The predicted molar refractivity (Wildman–Crippen MR) is 106 cm³/mol. The summed E-state index contributed by atoms with van der Waals surface area (Å²) in [6.45, 7) is 0. The smallest absolute Gasteiger partial charge is 0.178 e. The van der Waals surface area contributed by atoms with Gasteiger partial charge in [-0.15, -0.1) is 0 Å². The van der Waals surface area contributed by atoms with Crippen LogP contribution in [0.1, 0.15) is 5.76 Å². The second-order valence-electron chi connectivity index (χ2n) is 4.80. The summed E-state index contributed by atoms with van der Waals surface area (Å²) < 4.78 is 18.1. The van der Waals surface area contributed by atoms with E-state index in [1.807, 2.05) is 54.6 Å². The molecule has 0 saturated carbocycles. The number of aliphatic imine (C=N–C) groups is 1. The highest BCUT2D eigenvalue weighted by molar-refractivity contribution is 14.1. The number of methoxy groups -OCH3 is 1. The summed E-state index contributed by atoms with van der Waals surface area (Å²) in [6, 6.07) is 16.8. The highest BCUT2D eigenvalue weighted by Gasteiger charge is 2.03. The van der Waals surface area contributed by atoms with E-state index < -0.39 is 0 Å². The van der Waals surface area contributed by atoms with Gasteiger partial charge in [0.25, 0.3) is 0 Å². The predicted octanol–water partition coefficient (Wildman–Crippen LogP) is 6.20. The van der Waals surface area contributed by atoms with Crippen LogP contribution in [0.15, 0.2) is 68.5 Å². The molecule has 4 nitrogen and oxygen atoms in total. The van der Waals surface area contributed by atoms with Crippen LogP contribution in [0.5, 0.6) is 17.2 Å². The lowest BCUT2D eigenvalue weighted by Crippen LogP contribution is -1.85. The summed E-state index contributed by atoms with van der Waals surface area (Å²) in [7, 11) is 1.64. The van der Waals surface area contributed by atoms with Crippen molar-refractivity contribution in [3.05, 3.63) is 68.6 Å². The van der Waals surface area contributed by atoms with Gasteiger partial charge in [-0.05, 0) is 64.5 Å². The molecule has 122 valence electrons. The highest BCUT2D eigenvalue weighted by atomic mass is 127. The molecular formula is C18H13BrINO3. The molecule has 1 heterocycles. The average molecular weight is 498 g/mol. The number of hydrogen-bond acceptors (Lipinski definition) is 4. The first-order valence-electron chi connectivity index (χ1n) is 7.05. The molecule has 24 heavy (non-hydrogen) atoms. The number of ether oxygens (including phenoxy) is 2. The van der Waals surface area contributed by atoms with Gasteiger partial charge >= 0.3 is 0 Å². The van der Waals surface area contributed by atoms with Gasteiger partial charge < -0.3 is 13.9 Å². The van der Waals surface area contributed by atoms with E-state index in [9.17, 15) is 0 Å². The Balaban J connectivity index is 1.66. The normalized spacial score (nSPS) is 11.0. The molecule has 0 aliphatic carbocycles. The molecule has 0 radical (unpaired) electrons. The molecule has 6 heteroatoms. The zero-order valence-corrected chi connectivity index (χ0v) is 16.4. The van der Waals surface area contributed by atoms with Crippen LogP contribution in [-0.2, 0) is 0 Å². The number of nitrogens with zero attached hydrogens (tertiary/aromatic N) is 1. The minimum Gasteiger partial charge on any atom is -0.497 e. The van der Waals surface area contributed by atoms with E-state index in [0.717, 1.165) is 31.2 Å². The second-order valence-corrected chi connectivity index (χ2v) is 6.63. The van der Waals surface area contributed by atoms with Crippen LogP contribution in [0.2, 0.25) is 0 Å². The lowest BCUT2D eigenvalue weighted by Gasteiger charge is -2.06. The van der Waals surface area contributed by atoms with Gasteiger partial charge in [-0.3, -0.25) is 4.99 Å². The Morgan fingerprint density at radius 2 is 1.58 bits per heavy atom. The molecule has 0 spiro atoms. The summed E-state index contributed by atoms with van der Waals surface area (Å²) in [4.78, 5) is 4.39. The third-order valence-corrected chi connectivity index (χ3v) is 5.27. The Labute approximate surface area is 161 Å². The van der Waals surface area contributed by atoms with Crippen molar-refractivity contribution in [2.24, 2.45) is 4.99 Å². The Morgan fingerprint density at radius 3 is 2.12 bits per heavy atom. The molecule has 0 saturated heterocycles. The molecule has 0 amide bonds. The summed E-state index contributed by atoms with van der Waals surface area (Å²) in [6.07, 6.45) is 1.69. The van der Waals surface area contributed by atoms with Crippen molar-refractivity contribution in [3.8, 4) is 17.2 Å². The van der Waals surface area contributed by atoms with Crippen LogP contribution in [0, 0.1) is 3.77 Å². The first kappa shape index (κ1) is 17.0. The van der Waals surface area contributed by atoms with Crippen molar-refractivity contribution in [2.45, 2.75) is 0 Å². The lowest BCUT2D eigenvalue weighted by molar-refractivity contribution is 0.413. The van der Waals surface area contributed by atoms with Crippen LogP contribution in [0.3, 0.4) is 0 Å². The number of rotatable bonds is 5. The Bertz CT molecular complexity index is 822. The summed E-state index contributed by atoms with van der Waals surface area (Å²) in [5, 5.41) is 0. The molecule has 0 aliphatic heterocycles. The van der Waals surface area contributed by atoms with Gasteiger partial charge in [0.2, 0.25) is 0 Å². The zero-order valence-electron chi connectivity index (χ0n) is 12.7. The fraction of sp³-hybridized carbons (Fsp3) is 0.0556. The van der Waals surface area contributed by atoms with Crippen molar-refractivity contribution >= 4 is 50.4 Å². The van der Waals surface area contributed by atoms with E-state index >= 15 is 0 Å². The van der Waals surface area contributed by atoms with Crippen molar-refractivity contribution in [3.63, 3.8) is 0 Å². The topological polar surface area (TPSA) is 44.0 Å². The summed E-state index contributed by atoms with van der Waals surface area (Å²) >= 11 is 5.52. The molecule has 3 aromatic rings. The molecule has 0 aliphatic rings. The minimum absolute atomic E-state index is 0.699. The average Bonchev–Trinajstić information content (AvgIpc) is 2.93. The SMILES string of the molecule is COc1ccc(Oc2ccc(N=Cc3cc(Br)c(I)o3)cc2)cc1. The fourth-order valence-electron chi connectivity index (χ4n) is 1.95. The van der Waals surface area contributed by atoms with E-state index in [1.54, 1.807) is 13.3 Å². The van der Waals surface area contributed by atoms with Gasteiger partial charge in [0.05, 0.1) is 23.5 Å². The van der Waals surface area contributed by atoms with Gasteiger partial charge in [0, 0.05) is 28.7 Å². The fourth-order valence-corrected chi connectivity index (χ4v) is 2.66. The van der Waals surface area contributed by atoms with E-state index in [0.29, 0.717) is 5.76 Å². The van der Waals surface area contributed by atoms with Crippen LogP contribution in [0.4, 0.5) is 5.69 Å². The maximum absolute atomic E-state index is 5.78. The largest absolute Gasteiger partial charge is 0.497 e. The van der Waals surface area contributed by atoms with Gasteiger partial charge in [-0.2, -0.15) is 0 Å². The zero-order chi connectivity index (χ0) is 16.9. The quantitative estimate of drug-likeness (QED) is 0.311. The molecule has 3 rings (SSSR count). The first-order chi connectivity index (χ1) is 11.6. The van der Waals surface area contributed by atoms with Gasteiger partial charge in [0.1, 0.15) is 23.0 Å². The van der Waals surface area contributed by atoms with Gasteiger partial charge in [-0.1, -0.05) is 0 Å². The lowest BCUT2D eigenvalue weighted by atomic mass is 10.3. The second kappa shape index (κ2) is 7.85. The Kier molecular flexibility index (Phi) is 5.57. The maximum Gasteiger partial charge on any atom is 0.178 e. The van der Waals surface area contributed by atoms with E-state index in [2.05, 4.69) is 43.5 Å². The molecular weight excluding hydrogens is 485 g/mol. The Hall–Kier alpha value is -1.80. The number of halogens is 2. The van der Waals surface area contributed by atoms with Gasteiger partial charge in [-0.25, -0.2) is 0 Å². The van der Waals surface area contributed by atoms with E-state index in [-0.39, 0.29) is 0 Å². The molecule has 0 unspecified atom stereocenters. The van der Waals surface area contributed by atoms with Crippen LogP contribution in [-0.4, -0.2) is 13.3 Å². The molecule has 0 fully saturated rings. The summed E-state index contributed by atoms with van der Waals surface area (Å²) in [5.74, 6) is 2.99. The highest BCUT2D eigenvalue weighted by Crippen LogP contribution is 2.26. The number of benzene rings is 2. The molecule has 1 aromatic heterocycles. The molecule has 2 aromatic carbocycles. The van der Waals surface area contributed by atoms with Crippen molar-refractivity contribution in [1.29, 1.82) is 0 Å².